The van der Waals surface area contributed by atoms with Crippen LogP contribution in [0.15, 0.2) is 85.2 Å². The Hall–Kier alpha value is -3.33. The number of hydrogen-bond acceptors (Lipinski definition) is 0. The molecule has 0 aliphatic rings. The van der Waals surface area contributed by atoms with E-state index in [-0.39, 0.29) is 11.7 Å². The molecule has 0 atom stereocenters. The van der Waals surface area contributed by atoms with E-state index in [4.69, 9.17) is 0 Å². The molecule has 0 radical (unpaired) electrons. The molecule has 2 heterocycles. The molecule has 0 aliphatic carbocycles. The van der Waals surface area contributed by atoms with Gasteiger partial charge in [-0.3, -0.25) is 0 Å². The molecule has 0 spiro atoms. The predicted molar refractivity (Wildman–Crippen MR) is 113 cm³/mol. The van der Waals surface area contributed by atoms with Gasteiger partial charge in [-0.15, -0.1) is 0 Å². The van der Waals surface area contributed by atoms with Crippen LogP contribution >= 0.6 is 0 Å². The average molecular weight is 368 g/mol. The van der Waals surface area contributed by atoms with Crippen molar-refractivity contribution in [2.75, 3.05) is 0 Å². The maximum Gasteiger partial charge on any atom is 0.127 e. The van der Waals surface area contributed by atoms with Gasteiger partial charge < -0.3 is 9.13 Å². The van der Waals surface area contributed by atoms with Crippen LogP contribution in [-0.2, 0) is 14.1 Å². The fourth-order valence-electron chi connectivity index (χ4n) is 4.42. The molecule has 3 heteroatoms. The van der Waals surface area contributed by atoms with Crippen LogP contribution in [0.25, 0.3) is 21.8 Å². The lowest BCUT2D eigenvalue weighted by molar-refractivity contribution is 0.607. The summed E-state index contributed by atoms with van der Waals surface area (Å²) in [6.45, 7) is 0. The molecule has 0 unspecified atom stereocenters. The van der Waals surface area contributed by atoms with E-state index in [1.54, 1.807) is 12.1 Å². The van der Waals surface area contributed by atoms with Crippen molar-refractivity contribution < 1.29 is 4.39 Å². The quantitative estimate of drug-likeness (QED) is 0.370. The van der Waals surface area contributed by atoms with Crippen LogP contribution in [0.4, 0.5) is 4.39 Å². The third-order valence-electron chi connectivity index (χ3n) is 5.69. The molecule has 2 nitrogen and oxygen atoms in total. The summed E-state index contributed by atoms with van der Waals surface area (Å²) in [5.41, 5.74) is 5.26. The maximum absolute atomic E-state index is 15.0. The van der Waals surface area contributed by atoms with Gasteiger partial charge in [-0.05, 0) is 34.9 Å². The Morgan fingerprint density at radius 1 is 0.607 bits per heavy atom. The monoisotopic (exact) mass is 368 g/mol. The van der Waals surface area contributed by atoms with Crippen LogP contribution in [-0.4, -0.2) is 9.13 Å². The summed E-state index contributed by atoms with van der Waals surface area (Å²) in [4.78, 5) is 0. The number of halogens is 1. The summed E-state index contributed by atoms with van der Waals surface area (Å²) >= 11 is 0. The summed E-state index contributed by atoms with van der Waals surface area (Å²) in [6.07, 6.45) is 4.28. The fraction of sp³-hybridized carbons (Fsp3) is 0.120. The second-order valence-corrected chi connectivity index (χ2v) is 7.38. The zero-order valence-electron chi connectivity index (χ0n) is 15.9. The van der Waals surface area contributed by atoms with E-state index >= 15 is 4.39 Å². The van der Waals surface area contributed by atoms with E-state index in [9.17, 15) is 0 Å². The third kappa shape index (κ3) is 2.47. The Bertz CT molecular complexity index is 1230. The molecule has 0 saturated carbocycles. The number of hydrogen-bond donors (Lipinski definition) is 0. The molecule has 5 aromatic rings. The minimum atomic E-state index is -0.182. The van der Waals surface area contributed by atoms with Crippen molar-refractivity contribution >= 4 is 21.8 Å². The molecule has 2 aromatic heterocycles. The first-order chi connectivity index (χ1) is 13.6. The molecule has 0 aliphatic heterocycles. The van der Waals surface area contributed by atoms with Gasteiger partial charge in [0, 0.05) is 54.2 Å². The van der Waals surface area contributed by atoms with Gasteiger partial charge in [0.25, 0.3) is 0 Å². The lowest BCUT2D eigenvalue weighted by Gasteiger charge is -2.18. The van der Waals surface area contributed by atoms with E-state index < -0.39 is 0 Å². The van der Waals surface area contributed by atoms with E-state index in [2.05, 4.69) is 45.8 Å². The highest BCUT2D eigenvalue weighted by Crippen LogP contribution is 2.41. The molecule has 0 saturated heterocycles. The van der Waals surface area contributed by atoms with Crippen LogP contribution < -0.4 is 0 Å². The van der Waals surface area contributed by atoms with Crippen LogP contribution in [0, 0.1) is 5.82 Å². The van der Waals surface area contributed by atoms with Gasteiger partial charge >= 0.3 is 0 Å². The molecule has 3 aromatic carbocycles. The smallest absolute Gasteiger partial charge is 0.127 e. The number of benzene rings is 3. The number of aryl methyl sites for hydroxylation is 2. The Morgan fingerprint density at radius 2 is 1.07 bits per heavy atom. The van der Waals surface area contributed by atoms with Crippen molar-refractivity contribution in [3.63, 3.8) is 0 Å². The molecule has 0 fully saturated rings. The summed E-state index contributed by atoms with van der Waals surface area (Å²) in [5, 5.41) is 2.32. The molecule has 5 rings (SSSR count). The van der Waals surface area contributed by atoms with Gasteiger partial charge in [0.05, 0.1) is 0 Å². The summed E-state index contributed by atoms with van der Waals surface area (Å²) in [7, 11) is 4.10. The largest absolute Gasteiger partial charge is 0.350 e. The van der Waals surface area contributed by atoms with Gasteiger partial charge in [0.15, 0.2) is 0 Å². The van der Waals surface area contributed by atoms with Gasteiger partial charge in [-0.2, -0.15) is 0 Å². The topological polar surface area (TPSA) is 9.86 Å². The Balaban J connectivity index is 1.87. The van der Waals surface area contributed by atoms with Gasteiger partial charge in [0.1, 0.15) is 5.82 Å². The van der Waals surface area contributed by atoms with E-state index in [0.29, 0.717) is 5.56 Å². The number of aromatic nitrogens is 2. The number of para-hydroxylation sites is 2. The SMILES string of the molecule is Cn1cc(C(c2ccccc2F)c2cn(C)c3ccccc23)c2ccccc21. The molecule has 0 amide bonds. The molecular formula is C25H21FN2. The highest BCUT2D eigenvalue weighted by molar-refractivity contribution is 5.89. The highest BCUT2D eigenvalue weighted by Gasteiger charge is 2.26. The number of rotatable bonds is 3. The van der Waals surface area contributed by atoms with E-state index in [1.807, 2.05) is 50.5 Å². The minimum Gasteiger partial charge on any atom is -0.350 e. The zero-order valence-corrected chi connectivity index (χ0v) is 15.9. The number of fused-ring (bicyclic) bond motifs is 2. The van der Waals surface area contributed by atoms with Crippen LogP contribution in [0.5, 0.6) is 0 Å². The molecule has 28 heavy (non-hydrogen) atoms. The van der Waals surface area contributed by atoms with Crippen molar-refractivity contribution in [1.82, 2.24) is 9.13 Å². The third-order valence-corrected chi connectivity index (χ3v) is 5.69. The first-order valence-electron chi connectivity index (χ1n) is 9.47. The highest BCUT2D eigenvalue weighted by atomic mass is 19.1. The Morgan fingerprint density at radius 3 is 1.61 bits per heavy atom. The van der Waals surface area contributed by atoms with Crippen LogP contribution in [0.2, 0.25) is 0 Å². The Kier molecular flexibility index (Phi) is 3.83. The molecule has 138 valence electrons. The maximum atomic E-state index is 15.0. The average Bonchev–Trinajstić information content (AvgIpc) is 3.22. The lowest BCUT2D eigenvalue weighted by Crippen LogP contribution is -2.05. The summed E-state index contributed by atoms with van der Waals surface area (Å²) in [6, 6.07) is 23.8. The first-order valence-corrected chi connectivity index (χ1v) is 9.47. The van der Waals surface area contributed by atoms with Crippen molar-refractivity contribution in [3.05, 3.63) is 108 Å². The fourth-order valence-corrected chi connectivity index (χ4v) is 4.42. The Labute approximate surface area is 163 Å². The number of nitrogens with zero attached hydrogens (tertiary/aromatic N) is 2. The minimum absolute atomic E-state index is 0.173. The normalized spacial score (nSPS) is 11.7. The molecule has 0 N–H and O–H groups in total. The van der Waals surface area contributed by atoms with Crippen molar-refractivity contribution in [1.29, 1.82) is 0 Å². The second kappa shape index (κ2) is 6.38. The zero-order chi connectivity index (χ0) is 19.3. The summed E-state index contributed by atoms with van der Waals surface area (Å²) in [5.74, 6) is -0.355. The van der Waals surface area contributed by atoms with Gasteiger partial charge in [0.2, 0.25) is 0 Å². The predicted octanol–water partition coefficient (Wildman–Crippen LogP) is 5.99. The van der Waals surface area contributed by atoms with Crippen LogP contribution in [0.3, 0.4) is 0 Å². The van der Waals surface area contributed by atoms with Crippen molar-refractivity contribution in [2.45, 2.75) is 5.92 Å². The van der Waals surface area contributed by atoms with Crippen LogP contribution in [0.1, 0.15) is 22.6 Å². The van der Waals surface area contributed by atoms with Crippen molar-refractivity contribution in [2.24, 2.45) is 14.1 Å². The van der Waals surface area contributed by atoms with E-state index in [1.165, 1.54) is 0 Å². The van der Waals surface area contributed by atoms with Gasteiger partial charge in [-0.1, -0.05) is 54.6 Å². The summed E-state index contributed by atoms with van der Waals surface area (Å²) < 4.78 is 19.3. The lowest BCUT2D eigenvalue weighted by atomic mass is 9.84. The van der Waals surface area contributed by atoms with Crippen molar-refractivity contribution in [3.8, 4) is 0 Å². The molecular weight excluding hydrogens is 347 g/mol. The molecule has 0 bridgehead atoms. The van der Waals surface area contributed by atoms with E-state index in [0.717, 1.165) is 32.9 Å². The first kappa shape index (κ1) is 16.8. The van der Waals surface area contributed by atoms with Gasteiger partial charge in [-0.25, -0.2) is 4.39 Å². The standard InChI is InChI=1S/C25H21FN2/c1-27-15-20(17-9-4-7-13-23(17)27)25(19-11-3-6-12-22(19)26)21-16-28(2)24-14-8-5-10-18(21)24/h3-16,25H,1-2H3. The second-order valence-electron chi connectivity index (χ2n) is 7.38.